The lowest BCUT2D eigenvalue weighted by atomic mass is 10.0. The second-order valence-electron chi connectivity index (χ2n) is 6.07. The standard InChI is InChI=1S/C16H20ClFN2O/c1-19-9-7-12(8-10-19)20(11-5-6-11)16(21)15-13(17)3-2-4-14(15)18/h2-4,11-12H,5-10H2,1H3. The van der Waals surface area contributed by atoms with Crippen LogP contribution in [0.25, 0.3) is 0 Å². The number of piperidine rings is 1. The van der Waals surface area contributed by atoms with Crippen LogP contribution < -0.4 is 0 Å². The molecule has 0 aromatic heterocycles. The van der Waals surface area contributed by atoms with Crippen LogP contribution >= 0.6 is 11.6 Å². The van der Waals surface area contributed by atoms with Crippen LogP contribution in [0.4, 0.5) is 4.39 Å². The lowest BCUT2D eigenvalue weighted by Crippen LogP contribution is -2.48. The lowest BCUT2D eigenvalue weighted by molar-refractivity contribution is 0.0565. The number of rotatable bonds is 3. The van der Waals surface area contributed by atoms with Gasteiger partial charge in [0, 0.05) is 12.1 Å². The van der Waals surface area contributed by atoms with Crippen LogP contribution in [0.1, 0.15) is 36.0 Å². The first kappa shape index (κ1) is 14.8. The van der Waals surface area contributed by atoms with Gasteiger partial charge in [-0.2, -0.15) is 0 Å². The molecule has 5 heteroatoms. The first-order chi connectivity index (χ1) is 10.1. The van der Waals surface area contributed by atoms with Gasteiger partial charge in [-0.15, -0.1) is 0 Å². The van der Waals surface area contributed by atoms with Crippen molar-refractivity contribution in [2.75, 3.05) is 20.1 Å². The number of halogens is 2. The highest BCUT2D eigenvalue weighted by atomic mass is 35.5. The molecular formula is C16H20ClFN2O. The molecule has 1 amide bonds. The Morgan fingerprint density at radius 1 is 1.24 bits per heavy atom. The van der Waals surface area contributed by atoms with Crippen molar-refractivity contribution in [3.8, 4) is 0 Å². The molecule has 0 atom stereocenters. The summed E-state index contributed by atoms with van der Waals surface area (Å²) >= 11 is 6.06. The monoisotopic (exact) mass is 310 g/mol. The maximum absolute atomic E-state index is 14.0. The Kier molecular flexibility index (Phi) is 4.18. The second kappa shape index (κ2) is 5.93. The van der Waals surface area contributed by atoms with Crippen LogP contribution in [0.15, 0.2) is 18.2 Å². The van der Waals surface area contributed by atoms with Crippen LogP contribution in [0.3, 0.4) is 0 Å². The van der Waals surface area contributed by atoms with Gasteiger partial charge in [0.15, 0.2) is 0 Å². The molecule has 114 valence electrons. The summed E-state index contributed by atoms with van der Waals surface area (Å²) in [5, 5.41) is 0.207. The third-order valence-corrected chi connectivity index (χ3v) is 4.75. The van der Waals surface area contributed by atoms with E-state index in [2.05, 4.69) is 11.9 Å². The average Bonchev–Trinajstić information content (AvgIpc) is 3.26. The van der Waals surface area contributed by atoms with E-state index in [-0.39, 0.29) is 28.6 Å². The van der Waals surface area contributed by atoms with E-state index in [0.717, 1.165) is 38.8 Å². The fourth-order valence-corrected chi connectivity index (χ4v) is 3.33. The lowest BCUT2D eigenvalue weighted by Gasteiger charge is -2.37. The highest BCUT2D eigenvalue weighted by Gasteiger charge is 2.39. The van der Waals surface area contributed by atoms with Gasteiger partial charge in [-0.25, -0.2) is 4.39 Å². The molecule has 21 heavy (non-hydrogen) atoms. The van der Waals surface area contributed by atoms with Gasteiger partial charge >= 0.3 is 0 Å². The third-order valence-electron chi connectivity index (χ3n) is 4.43. The van der Waals surface area contributed by atoms with Gasteiger partial charge in [-0.3, -0.25) is 4.79 Å². The topological polar surface area (TPSA) is 23.6 Å². The van der Waals surface area contributed by atoms with E-state index in [1.165, 1.54) is 12.1 Å². The summed E-state index contributed by atoms with van der Waals surface area (Å²) < 4.78 is 14.0. The van der Waals surface area contributed by atoms with Crippen LogP contribution in [0, 0.1) is 5.82 Å². The summed E-state index contributed by atoms with van der Waals surface area (Å²) in [6, 6.07) is 4.89. The smallest absolute Gasteiger partial charge is 0.258 e. The molecule has 1 aromatic carbocycles. The van der Waals surface area contributed by atoms with Crippen molar-refractivity contribution < 1.29 is 9.18 Å². The molecule has 3 rings (SSSR count). The number of likely N-dealkylation sites (tertiary alicyclic amines) is 1. The number of nitrogens with zero attached hydrogens (tertiary/aromatic N) is 2. The molecule has 0 bridgehead atoms. The predicted molar refractivity (Wildman–Crippen MR) is 81.1 cm³/mol. The number of carbonyl (C=O) groups excluding carboxylic acids is 1. The van der Waals surface area contributed by atoms with Crippen LogP contribution in [0.2, 0.25) is 5.02 Å². The Bertz CT molecular complexity index is 519. The SMILES string of the molecule is CN1CCC(N(C(=O)c2c(F)cccc2Cl)C2CC2)CC1. The molecule has 1 heterocycles. The maximum Gasteiger partial charge on any atom is 0.258 e. The van der Waals surface area contributed by atoms with E-state index in [1.807, 2.05) is 4.90 Å². The largest absolute Gasteiger partial charge is 0.332 e. The second-order valence-corrected chi connectivity index (χ2v) is 6.48. The molecule has 2 fully saturated rings. The predicted octanol–water partition coefficient (Wildman–Crippen LogP) is 3.18. The van der Waals surface area contributed by atoms with Crippen LogP contribution in [0.5, 0.6) is 0 Å². The van der Waals surface area contributed by atoms with Gasteiger partial charge in [-0.1, -0.05) is 17.7 Å². The fraction of sp³-hybridized carbons (Fsp3) is 0.562. The first-order valence-electron chi connectivity index (χ1n) is 7.53. The van der Waals surface area contributed by atoms with E-state index in [0.29, 0.717) is 0 Å². The summed E-state index contributed by atoms with van der Waals surface area (Å²) in [7, 11) is 2.09. The minimum atomic E-state index is -0.522. The molecule has 1 aliphatic carbocycles. The van der Waals surface area contributed by atoms with Crippen molar-refractivity contribution in [2.45, 2.75) is 37.8 Å². The number of hydrogen-bond acceptors (Lipinski definition) is 2. The fourth-order valence-electron chi connectivity index (χ4n) is 3.09. The molecule has 3 nitrogen and oxygen atoms in total. The van der Waals surface area contributed by atoms with E-state index in [1.54, 1.807) is 6.07 Å². The minimum Gasteiger partial charge on any atom is -0.332 e. The molecule has 0 N–H and O–H groups in total. The average molecular weight is 311 g/mol. The molecule has 2 aliphatic rings. The molecule has 0 spiro atoms. The maximum atomic E-state index is 14.0. The molecule has 1 aromatic rings. The number of carbonyl (C=O) groups is 1. The Morgan fingerprint density at radius 3 is 2.43 bits per heavy atom. The van der Waals surface area contributed by atoms with Gasteiger partial charge in [0.05, 0.1) is 10.6 Å². The van der Waals surface area contributed by atoms with E-state index in [4.69, 9.17) is 11.6 Å². The highest BCUT2D eigenvalue weighted by Crippen LogP contribution is 2.34. The summed E-state index contributed by atoms with van der Waals surface area (Å²) in [6.45, 7) is 1.96. The Labute approximate surface area is 129 Å². The van der Waals surface area contributed by atoms with E-state index >= 15 is 0 Å². The highest BCUT2D eigenvalue weighted by molar-refractivity contribution is 6.33. The Morgan fingerprint density at radius 2 is 1.86 bits per heavy atom. The van der Waals surface area contributed by atoms with Crippen LogP contribution in [-0.4, -0.2) is 47.9 Å². The molecule has 0 unspecified atom stereocenters. The number of benzene rings is 1. The zero-order valence-electron chi connectivity index (χ0n) is 12.2. The summed E-state index contributed by atoms with van der Waals surface area (Å²) in [6.07, 6.45) is 3.93. The van der Waals surface area contributed by atoms with E-state index in [9.17, 15) is 9.18 Å². The van der Waals surface area contributed by atoms with Crippen LogP contribution in [-0.2, 0) is 0 Å². The summed E-state index contributed by atoms with van der Waals surface area (Å²) in [5.41, 5.74) is 0.0324. The minimum absolute atomic E-state index is 0.0324. The van der Waals surface area contributed by atoms with Crippen molar-refractivity contribution >= 4 is 17.5 Å². The normalized spacial score (nSPS) is 20.5. The van der Waals surface area contributed by atoms with Gasteiger partial charge in [0.25, 0.3) is 5.91 Å². The Hall–Kier alpha value is -1.13. The van der Waals surface area contributed by atoms with Crippen molar-refractivity contribution in [1.29, 1.82) is 0 Å². The van der Waals surface area contributed by atoms with Gasteiger partial charge in [-0.05, 0) is 58.0 Å². The van der Waals surface area contributed by atoms with E-state index < -0.39 is 5.82 Å². The molecular weight excluding hydrogens is 291 g/mol. The van der Waals surface area contributed by atoms with Gasteiger partial charge < -0.3 is 9.80 Å². The van der Waals surface area contributed by atoms with Crippen molar-refractivity contribution in [3.05, 3.63) is 34.6 Å². The van der Waals surface area contributed by atoms with Gasteiger partial charge in [0.1, 0.15) is 5.82 Å². The molecule has 1 saturated heterocycles. The van der Waals surface area contributed by atoms with Crippen molar-refractivity contribution in [1.82, 2.24) is 9.80 Å². The molecule has 1 aliphatic heterocycles. The van der Waals surface area contributed by atoms with Gasteiger partial charge in [0.2, 0.25) is 0 Å². The molecule has 0 radical (unpaired) electrons. The number of amides is 1. The van der Waals surface area contributed by atoms with Crippen molar-refractivity contribution in [2.24, 2.45) is 0 Å². The zero-order valence-corrected chi connectivity index (χ0v) is 12.9. The van der Waals surface area contributed by atoms with Crippen molar-refractivity contribution in [3.63, 3.8) is 0 Å². The summed E-state index contributed by atoms with van der Waals surface area (Å²) in [4.78, 5) is 17.0. The first-order valence-corrected chi connectivity index (χ1v) is 7.91. The molecule has 1 saturated carbocycles. The summed E-state index contributed by atoms with van der Waals surface area (Å²) in [5.74, 6) is -0.763. The third kappa shape index (κ3) is 3.06. The number of hydrogen-bond donors (Lipinski definition) is 0. The Balaban J connectivity index is 1.85. The quantitative estimate of drug-likeness (QED) is 0.856. The zero-order chi connectivity index (χ0) is 15.0.